The van der Waals surface area contributed by atoms with Crippen molar-refractivity contribution >= 4 is 32.9 Å². The second kappa shape index (κ2) is 5.56. The highest BCUT2D eigenvalue weighted by atomic mass is 79.9. The SMILES string of the molecule is NC(=O)CC1CCC(n2cnc3ccc(Br)cc32)CC1. The lowest BCUT2D eigenvalue weighted by atomic mass is 9.84. The van der Waals surface area contributed by atoms with Gasteiger partial charge in [0, 0.05) is 16.9 Å². The molecule has 1 amide bonds. The minimum Gasteiger partial charge on any atom is -0.370 e. The molecule has 1 aromatic carbocycles. The average Bonchev–Trinajstić information content (AvgIpc) is 2.82. The van der Waals surface area contributed by atoms with Crippen LogP contribution < -0.4 is 5.73 Å². The molecule has 1 aromatic heterocycles. The lowest BCUT2D eigenvalue weighted by Crippen LogP contribution is -2.22. The average molecular weight is 336 g/mol. The Morgan fingerprint density at radius 3 is 2.80 bits per heavy atom. The molecule has 1 saturated carbocycles. The molecule has 5 heteroatoms. The van der Waals surface area contributed by atoms with Crippen LogP contribution in [0.4, 0.5) is 0 Å². The van der Waals surface area contributed by atoms with Gasteiger partial charge in [-0.2, -0.15) is 0 Å². The number of aromatic nitrogens is 2. The summed E-state index contributed by atoms with van der Waals surface area (Å²) in [4.78, 5) is 15.5. The van der Waals surface area contributed by atoms with Crippen molar-refractivity contribution < 1.29 is 4.79 Å². The quantitative estimate of drug-likeness (QED) is 0.934. The number of benzene rings is 1. The van der Waals surface area contributed by atoms with Crippen LogP contribution in [0.5, 0.6) is 0 Å². The van der Waals surface area contributed by atoms with Crippen LogP contribution >= 0.6 is 15.9 Å². The molecule has 3 rings (SSSR count). The summed E-state index contributed by atoms with van der Waals surface area (Å²) in [6.07, 6.45) is 6.80. The number of hydrogen-bond acceptors (Lipinski definition) is 2. The molecule has 0 saturated heterocycles. The van der Waals surface area contributed by atoms with E-state index in [4.69, 9.17) is 5.73 Å². The molecule has 0 unspecified atom stereocenters. The van der Waals surface area contributed by atoms with Crippen molar-refractivity contribution in [3.63, 3.8) is 0 Å². The number of amides is 1. The van der Waals surface area contributed by atoms with E-state index in [1.807, 2.05) is 18.5 Å². The van der Waals surface area contributed by atoms with Gasteiger partial charge in [0.15, 0.2) is 0 Å². The van der Waals surface area contributed by atoms with Crippen molar-refractivity contribution in [3.8, 4) is 0 Å². The van der Waals surface area contributed by atoms with E-state index in [2.05, 4.69) is 31.5 Å². The van der Waals surface area contributed by atoms with Crippen LogP contribution in [0.15, 0.2) is 29.0 Å². The van der Waals surface area contributed by atoms with Crippen LogP contribution in [0, 0.1) is 5.92 Å². The molecule has 1 fully saturated rings. The van der Waals surface area contributed by atoms with Gasteiger partial charge in [-0.15, -0.1) is 0 Å². The van der Waals surface area contributed by atoms with E-state index in [0.29, 0.717) is 18.4 Å². The molecule has 0 spiro atoms. The molecule has 106 valence electrons. The Morgan fingerprint density at radius 1 is 1.35 bits per heavy atom. The third kappa shape index (κ3) is 2.73. The van der Waals surface area contributed by atoms with Crippen LogP contribution in [0.25, 0.3) is 11.0 Å². The van der Waals surface area contributed by atoms with Gasteiger partial charge >= 0.3 is 0 Å². The predicted molar refractivity (Wildman–Crippen MR) is 82.2 cm³/mol. The standard InChI is InChI=1S/C15H18BrN3O/c16-11-3-6-13-14(8-11)19(9-18-13)12-4-1-10(2-5-12)7-15(17)20/h3,6,8-10,12H,1-2,4-5,7H2,(H2,17,20). The molecule has 2 aromatic rings. The first kappa shape index (κ1) is 13.6. The molecule has 0 aliphatic heterocycles. The first-order valence-corrected chi connectivity index (χ1v) is 7.83. The van der Waals surface area contributed by atoms with Gasteiger partial charge in [0.05, 0.1) is 17.4 Å². The van der Waals surface area contributed by atoms with Crippen LogP contribution in [0.1, 0.15) is 38.1 Å². The Kier molecular flexibility index (Phi) is 3.78. The number of nitrogens with two attached hydrogens (primary N) is 1. The van der Waals surface area contributed by atoms with Crippen LogP contribution in [0.3, 0.4) is 0 Å². The predicted octanol–water partition coefficient (Wildman–Crippen LogP) is 3.41. The second-order valence-corrected chi connectivity index (χ2v) is 6.55. The summed E-state index contributed by atoms with van der Waals surface area (Å²) in [5.74, 6) is 0.288. The van der Waals surface area contributed by atoms with Gasteiger partial charge in [-0.25, -0.2) is 4.98 Å². The lowest BCUT2D eigenvalue weighted by molar-refractivity contribution is -0.119. The lowest BCUT2D eigenvalue weighted by Gasteiger charge is -2.29. The van der Waals surface area contributed by atoms with Crippen LogP contribution in [-0.2, 0) is 4.79 Å². The van der Waals surface area contributed by atoms with E-state index >= 15 is 0 Å². The van der Waals surface area contributed by atoms with E-state index in [0.717, 1.165) is 35.7 Å². The molecule has 2 N–H and O–H groups in total. The number of primary amides is 1. The van der Waals surface area contributed by atoms with Gasteiger partial charge < -0.3 is 10.3 Å². The zero-order valence-corrected chi connectivity index (χ0v) is 12.8. The molecule has 0 atom stereocenters. The summed E-state index contributed by atoms with van der Waals surface area (Å²) < 4.78 is 3.36. The fourth-order valence-electron chi connectivity index (χ4n) is 3.20. The fourth-order valence-corrected chi connectivity index (χ4v) is 3.55. The molecule has 1 heterocycles. The van der Waals surface area contributed by atoms with Gasteiger partial charge in [0.2, 0.25) is 5.91 Å². The number of fused-ring (bicyclic) bond motifs is 1. The largest absolute Gasteiger partial charge is 0.370 e. The summed E-state index contributed by atoms with van der Waals surface area (Å²) in [6, 6.07) is 6.66. The van der Waals surface area contributed by atoms with Gasteiger partial charge in [0.1, 0.15) is 0 Å². The van der Waals surface area contributed by atoms with Crippen molar-refractivity contribution in [2.24, 2.45) is 11.7 Å². The monoisotopic (exact) mass is 335 g/mol. The maximum Gasteiger partial charge on any atom is 0.217 e. The van der Waals surface area contributed by atoms with Crippen molar-refractivity contribution in [2.45, 2.75) is 38.1 Å². The molecule has 1 aliphatic carbocycles. The molecular formula is C15H18BrN3O. The maximum atomic E-state index is 11.0. The van der Waals surface area contributed by atoms with Crippen molar-refractivity contribution in [1.29, 1.82) is 0 Å². The summed E-state index contributed by atoms with van der Waals surface area (Å²) in [5.41, 5.74) is 7.50. The minimum absolute atomic E-state index is 0.175. The molecular weight excluding hydrogens is 318 g/mol. The fraction of sp³-hybridized carbons (Fsp3) is 0.467. The number of hydrogen-bond donors (Lipinski definition) is 1. The first-order chi connectivity index (χ1) is 9.63. The third-order valence-electron chi connectivity index (χ3n) is 4.24. The summed E-state index contributed by atoms with van der Waals surface area (Å²) in [5, 5.41) is 0. The number of imidazole rings is 1. The van der Waals surface area contributed by atoms with Gasteiger partial charge in [0.25, 0.3) is 0 Å². The van der Waals surface area contributed by atoms with Crippen molar-refractivity contribution in [3.05, 3.63) is 29.0 Å². The van der Waals surface area contributed by atoms with E-state index in [9.17, 15) is 4.79 Å². The summed E-state index contributed by atoms with van der Waals surface area (Å²) >= 11 is 3.52. The Balaban J connectivity index is 1.76. The van der Waals surface area contributed by atoms with Crippen LogP contribution in [0.2, 0.25) is 0 Å². The summed E-state index contributed by atoms with van der Waals surface area (Å²) in [7, 11) is 0. The Labute approximate surface area is 126 Å². The minimum atomic E-state index is -0.175. The Morgan fingerprint density at radius 2 is 2.10 bits per heavy atom. The highest BCUT2D eigenvalue weighted by Crippen LogP contribution is 2.35. The van der Waals surface area contributed by atoms with Crippen molar-refractivity contribution in [1.82, 2.24) is 9.55 Å². The Hall–Kier alpha value is -1.36. The molecule has 1 aliphatic rings. The highest BCUT2D eigenvalue weighted by molar-refractivity contribution is 9.10. The van der Waals surface area contributed by atoms with Crippen LogP contribution in [-0.4, -0.2) is 15.5 Å². The zero-order chi connectivity index (χ0) is 14.1. The van der Waals surface area contributed by atoms with Crippen molar-refractivity contribution in [2.75, 3.05) is 0 Å². The van der Waals surface area contributed by atoms with E-state index < -0.39 is 0 Å². The number of carbonyl (C=O) groups excluding carboxylic acids is 1. The van der Waals surface area contributed by atoms with E-state index in [1.165, 1.54) is 5.52 Å². The normalized spacial score (nSPS) is 23.1. The second-order valence-electron chi connectivity index (χ2n) is 5.63. The molecule has 4 nitrogen and oxygen atoms in total. The number of rotatable bonds is 3. The number of halogens is 1. The van der Waals surface area contributed by atoms with E-state index in [-0.39, 0.29) is 5.91 Å². The zero-order valence-electron chi connectivity index (χ0n) is 11.3. The molecule has 0 bridgehead atoms. The number of nitrogens with zero attached hydrogens (tertiary/aromatic N) is 2. The maximum absolute atomic E-state index is 11.0. The topological polar surface area (TPSA) is 60.9 Å². The smallest absolute Gasteiger partial charge is 0.217 e. The van der Waals surface area contributed by atoms with E-state index in [1.54, 1.807) is 0 Å². The Bertz CT molecular complexity index is 629. The highest BCUT2D eigenvalue weighted by Gasteiger charge is 2.24. The third-order valence-corrected chi connectivity index (χ3v) is 4.73. The van der Waals surface area contributed by atoms with Gasteiger partial charge in [-0.1, -0.05) is 15.9 Å². The molecule has 0 radical (unpaired) electrons. The number of carbonyl (C=O) groups is 1. The van der Waals surface area contributed by atoms with Gasteiger partial charge in [-0.05, 0) is 49.8 Å². The van der Waals surface area contributed by atoms with Gasteiger partial charge in [-0.3, -0.25) is 4.79 Å². The molecule has 20 heavy (non-hydrogen) atoms. The summed E-state index contributed by atoms with van der Waals surface area (Å²) in [6.45, 7) is 0. The first-order valence-electron chi connectivity index (χ1n) is 7.04.